The van der Waals surface area contributed by atoms with Gasteiger partial charge in [0.05, 0.1) is 23.4 Å². The van der Waals surface area contributed by atoms with Crippen molar-refractivity contribution in [2.45, 2.75) is 25.9 Å². The molecule has 0 spiro atoms. The first kappa shape index (κ1) is 23.3. The van der Waals surface area contributed by atoms with Crippen molar-refractivity contribution in [3.8, 4) is 0 Å². The highest BCUT2D eigenvalue weighted by Gasteiger charge is 2.39. The quantitative estimate of drug-likeness (QED) is 0.349. The number of nitrogens with zero attached hydrogens (tertiary/aromatic N) is 1. The largest absolute Gasteiger partial charge is 0.462 e. The molecule has 1 aliphatic heterocycles. The lowest BCUT2D eigenvalue weighted by Gasteiger charge is -2.16. The van der Waals surface area contributed by atoms with E-state index in [0.717, 1.165) is 35.9 Å². The third-order valence-electron chi connectivity index (χ3n) is 4.58. The Labute approximate surface area is 186 Å². The van der Waals surface area contributed by atoms with E-state index in [0.29, 0.717) is 0 Å². The Kier molecular flexibility index (Phi) is 6.88. The lowest BCUT2D eigenvalue weighted by Crippen LogP contribution is -2.32. The molecule has 0 fully saturated rings. The van der Waals surface area contributed by atoms with E-state index in [-0.39, 0.29) is 29.2 Å². The van der Waals surface area contributed by atoms with Crippen LogP contribution in [-0.4, -0.2) is 24.4 Å². The Morgan fingerprint density at radius 2 is 1.78 bits per heavy atom. The van der Waals surface area contributed by atoms with Crippen molar-refractivity contribution in [2.75, 3.05) is 16.8 Å². The molecular formula is C22H18ClF3N2O4. The van der Waals surface area contributed by atoms with Crippen LogP contribution in [0.2, 0.25) is 0 Å². The van der Waals surface area contributed by atoms with E-state index in [2.05, 4.69) is 5.32 Å². The highest BCUT2D eigenvalue weighted by molar-refractivity contribution is 6.53. The summed E-state index contributed by atoms with van der Waals surface area (Å²) in [5, 5.41) is 2.04. The second kappa shape index (κ2) is 9.44. The van der Waals surface area contributed by atoms with Crippen LogP contribution in [0.4, 0.5) is 24.5 Å². The van der Waals surface area contributed by atoms with Crippen molar-refractivity contribution in [1.29, 1.82) is 0 Å². The number of unbranched alkanes of at least 4 members (excludes halogenated alkanes) is 1. The third-order valence-corrected chi connectivity index (χ3v) is 4.93. The van der Waals surface area contributed by atoms with E-state index in [1.165, 1.54) is 30.3 Å². The molecule has 0 aromatic heterocycles. The highest BCUT2D eigenvalue weighted by atomic mass is 35.5. The number of ether oxygens (including phenoxy) is 1. The van der Waals surface area contributed by atoms with E-state index in [4.69, 9.17) is 16.3 Å². The molecule has 1 aliphatic rings. The third kappa shape index (κ3) is 4.94. The number of amides is 2. The molecule has 0 saturated carbocycles. The molecule has 2 aromatic carbocycles. The van der Waals surface area contributed by atoms with Crippen LogP contribution in [0.1, 0.15) is 35.7 Å². The number of nitrogens with one attached hydrogen (secondary N) is 1. The molecule has 2 aromatic rings. The molecule has 0 atom stereocenters. The molecule has 0 saturated heterocycles. The first-order valence-corrected chi connectivity index (χ1v) is 10.0. The van der Waals surface area contributed by atoms with Gasteiger partial charge >= 0.3 is 12.1 Å². The van der Waals surface area contributed by atoms with E-state index in [1.54, 1.807) is 0 Å². The van der Waals surface area contributed by atoms with Crippen LogP contribution in [0.5, 0.6) is 0 Å². The van der Waals surface area contributed by atoms with Gasteiger partial charge in [-0.15, -0.1) is 0 Å². The van der Waals surface area contributed by atoms with Gasteiger partial charge in [0.15, 0.2) is 0 Å². The predicted molar refractivity (Wildman–Crippen MR) is 112 cm³/mol. The fraction of sp³-hybridized carbons (Fsp3) is 0.227. The van der Waals surface area contributed by atoms with E-state index in [9.17, 15) is 27.6 Å². The van der Waals surface area contributed by atoms with Crippen molar-refractivity contribution < 1.29 is 32.3 Å². The summed E-state index contributed by atoms with van der Waals surface area (Å²) in [5.74, 6) is -2.22. The first-order valence-electron chi connectivity index (χ1n) is 9.63. The molecule has 10 heteroatoms. The number of rotatable bonds is 7. The number of alkyl halides is 3. The number of anilines is 2. The van der Waals surface area contributed by atoms with Crippen LogP contribution in [0.3, 0.4) is 0 Å². The zero-order valence-electron chi connectivity index (χ0n) is 16.8. The fourth-order valence-corrected chi connectivity index (χ4v) is 3.12. The standard InChI is InChI=1S/C22H18ClF3N2O4/c1-2-3-11-32-21(31)13-7-9-16(10-8-13)28-19(29)17(23)18(20(28)30)27-15-6-4-5-14(12-15)22(24,25)26/h4-10,12,27H,2-3,11H2,1H3. The molecule has 0 bridgehead atoms. The molecule has 1 N–H and O–H groups in total. The van der Waals surface area contributed by atoms with Crippen molar-refractivity contribution in [3.05, 3.63) is 70.4 Å². The number of hydrogen-bond acceptors (Lipinski definition) is 5. The molecule has 32 heavy (non-hydrogen) atoms. The first-order chi connectivity index (χ1) is 15.1. The summed E-state index contributed by atoms with van der Waals surface area (Å²) in [5.41, 5.74) is -0.941. The van der Waals surface area contributed by atoms with Crippen LogP contribution >= 0.6 is 11.6 Å². The number of halogens is 4. The predicted octanol–water partition coefficient (Wildman–Crippen LogP) is 5.10. The molecular weight excluding hydrogens is 449 g/mol. The van der Waals surface area contributed by atoms with Crippen LogP contribution < -0.4 is 10.2 Å². The molecule has 0 unspecified atom stereocenters. The Bertz CT molecular complexity index is 1080. The average molecular weight is 467 g/mol. The van der Waals surface area contributed by atoms with Gasteiger partial charge in [0.1, 0.15) is 10.7 Å². The van der Waals surface area contributed by atoms with Crippen LogP contribution in [0.15, 0.2) is 59.3 Å². The van der Waals surface area contributed by atoms with Gasteiger partial charge in [-0.3, -0.25) is 9.59 Å². The van der Waals surface area contributed by atoms with Gasteiger partial charge in [-0.25, -0.2) is 9.69 Å². The average Bonchev–Trinajstić information content (AvgIpc) is 2.97. The Morgan fingerprint density at radius 1 is 1.09 bits per heavy atom. The molecule has 0 aliphatic carbocycles. The summed E-state index contributed by atoms with van der Waals surface area (Å²) in [6, 6.07) is 9.71. The topological polar surface area (TPSA) is 75.7 Å². The minimum Gasteiger partial charge on any atom is -0.462 e. The van der Waals surface area contributed by atoms with Gasteiger partial charge in [-0.2, -0.15) is 13.2 Å². The van der Waals surface area contributed by atoms with E-state index in [1.807, 2.05) is 6.92 Å². The van der Waals surface area contributed by atoms with E-state index >= 15 is 0 Å². The van der Waals surface area contributed by atoms with Crippen molar-refractivity contribution in [3.63, 3.8) is 0 Å². The van der Waals surface area contributed by atoms with E-state index < -0.39 is 34.6 Å². The molecule has 0 radical (unpaired) electrons. The Hall–Kier alpha value is -3.33. The Balaban J connectivity index is 1.77. The minimum atomic E-state index is -4.57. The minimum absolute atomic E-state index is 0.0545. The maximum atomic E-state index is 12.9. The maximum Gasteiger partial charge on any atom is 0.416 e. The van der Waals surface area contributed by atoms with Crippen molar-refractivity contribution in [2.24, 2.45) is 0 Å². The number of imide groups is 1. The summed E-state index contributed by atoms with van der Waals surface area (Å²) in [7, 11) is 0. The van der Waals surface area contributed by atoms with Crippen molar-refractivity contribution >= 4 is 40.8 Å². The molecule has 6 nitrogen and oxygen atoms in total. The molecule has 3 rings (SSSR count). The van der Waals surface area contributed by atoms with Gasteiger partial charge in [-0.05, 0) is 48.9 Å². The summed E-state index contributed by atoms with van der Waals surface area (Å²) in [6.07, 6.45) is -2.97. The lowest BCUT2D eigenvalue weighted by atomic mass is 10.2. The molecule has 1 heterocycles. The summed E-state index contributed by atoms with van der Waals surface area (Å²) >= 11 is 6.01. The SMILES string of the molecule is CCCCOC(=O)c1ccc(N2C(=O)C(Cl)=C(Nc3cccc(C(F)(F)F)c3)C2=O)cc1. The second-order valence-corrected chi connectivity index (χ2v) is 7.25. The monoisotopic (exact) mass is 466 g/mol. The normalized spacial score (nSPS) is 14.2. The van der Waals surface area contributed by atoms with Gasteiger partial charge in [0, 0.05) is 5.69 Å². The van der Waals surface area contributed by atoms with Crippen LogP contribution in [0, 0.1) is 0 Å². The summed E-state index contributed by atoms with van der Waals surface area (Å²) < 4.78 is 43.9. The zero-order valence-corrected chi connectivity index (χ0v) is 17.6. The second-order valence-electron chi connectivity index (χ2n) is 6.87. The number of carbonyl (C=O) groups excluding carboxylic acids is 3. The summed E-state index contributed by atoms with van der Waals surface area (Å²) in [6.45, 7) is 2.24. The highest BCUT2D eigenvalue weighted by Crippen LogP contribution is 2.33. The fourth-order valence-electron chi connectivity index (χ4n) is 2.90. The lowest BCUT2D eigenvalue weighted by molar-refractivity contribution is -0.137. The Morgan fingerprint density at radius 3 is 2.41 bits per heavy atom. The number of benzene rings is 2. The van der Waals surface area contributed by atoms with Crippen molar-refractivity contribution in [1.82, 2.24) is 0 Å². The molecule has 2 amide bonds. The van der Waals surface area contributed by atoms with Gasteiger partial charge in [0.25, 0.3) is 11.8 Å². The molecule has 168 valence electrons. The summed E-state index contributed by atoms with van der Waals surface area (Å²) in [4.78, 5) is 38.1. The number of esters is 1. The van der Waals surface area contributed by atoms with Crippen LogP contribution in [-0.2, 0) is 20.5 Å². The smallest absolute Gasteiger partial charge is 0.416 e. The van der Waals surface area contributed by atoms with Gasteiger partial charge in [-0.1, -0.05) is 31.0 Å². The zero-order chi connectivity index (χ0) is 23.5. The number of carbonyl (C=O) groups is 3. The van der Waals surface area contributed by atoms with Crippen LogP contribution in [0.25, 0.3) is 0 Å². The number of hydrogen-bond donors (Lipinski definition) is 1. The van der Waals surface area contributed by atoms with Gasteiger partial charge < -0.3 is 10.1 Å². The maximum absolute atomic E-state index is 12.9. The van der Waals surface area contributed by atoms with Gasteiger partial charge in [0.2, 0.25) is 0 Å².